The van der Waals surface area contributed by atoms with Gasteiger partial charge in [0.2, 0.25) is 0 Å². The van der Waals surface area contributed by atoms with Crippen molar-refractivity contribution in [3.05, 3.63) is 29.8 Å². The fraction of sp³-hybridized carbons (Fsp3) is 0.429. The second-order valence-electron chi connectivity index (χ2n) is 4.59. The Morgan fingerprint density at radius 2 is 2.25 bits per heavy atom. The normalized spacial score (nSPS) is 17.9. The van der Waals surface area contributed by atoms with E-state index in [1.807, 2.05) is 6.07 Å². The quantitative estimate of drug-likeness (QED) is 0.852. The zero-order chi connectivity index (χ0) is 14.5. The van der Waals surface area contributed by atoms with Crippen LogP contribution in [0.15, 0.2) is 24.3 Å². The van der Waals surface area contributed by atoms with E-state index in [1.165, 1.54) is 0 Å². The first-order valence-corrected chi connectivity index (χ1v) is 6.41. The summed E-state index contributed by atoms with van der Waals surface area (Å²) in [6, 6.07) is 6.52. The van der Waals surface area contributed by atoms with Gasteiger partial charge in [0.25, 0.3) is 0 Å². The maximum absolute atomic E-state index is 11.9. The summed E-state index contributed by atoms with van der Waals surface area (Å²) >= 11 is 0. The molecule has 1 fully saturated rings. The number of amides is 1. The van der Waals surface area contributed by atoms with Crippen molar-refractivity contribution >= 4 is 12.1 Å². The van der Waals surface area contributed by atoms with Gasteiger partial charge in [0.05, 0.1) is 7.11 Å². The average Bonchev–Trinajstić information content (AvgIpc) is 2.94. The summed E-state index contributed by atoms with van der Waals surface area (Å²) in [6.45, 7) is 0.494. The van der Waals surface area contributed by atoms with E-state index in [4.69, 9.17) is 14.6 Å². The molecule has 1 N–H and O–H groups in total. The Balaban J connectivity index is 1.93. The number of carbonyl (C=O) groups excluding carboxylic acids is 1. The summed E-state index contributed by atoms with van der Waals surface area (Å²) in [5, 5.41) is 8.99. The number of hydrogen-bond acceptors (Lipinski definition) is 4. The Labute approximate surface area is 116 Å². The molecule has 1 aromatic carbocycles. The summed E-state index contributed by atoms with van der Waals surface area (Å²) in [5.74, 6) is 0.194. The summed E-state index contributed by atoms with van der Waals surface area (Å²) in [6.07, 6.45) is 0.125. The Bertz CT molecular complexity index is 502. The Kier molecular flexibility index (Phi) is 4.45. The first-order chi connectivity index (χ1) is 9.61. The van der Waals surface area contributed by atoms with Gasteiger partial charge in [-0.15, -0.1) is 0 Å². The Morgan fingerprint density at radius 3 is 2.95 bits per heavy atom. The van der Waals surface area contributed by atoms with Crippen molar-refractivity contribution in [2.24, 2.45) is 0 Å². The molecule has 20 heavy (non-hydrogen) atoms. The van der Waals surface area contributed by atoms with E-state index in [9.17, 15) is 9.59 Å². The van der Waals surface area contributed by atoms with E-state index in [2.05, 4.69) is 0 Å². The first kappa shape index (κ1) is 14.2. The second kappa shape index (κ2) is 6.27. The van der Waals surface area contributed by atoms with Crippen LogP contribution in [0.1, 0.15) is 18.4 Å². The van der Waals surface area contributed by atoms with Crippen molar-refractivity contribution in [1.29, 1.82) is 0 Å². The van der Waals surface area contributed by atoms with Crippen molar-refractivity contribution in [1.82, 2.24) is 4.90 Å². The number of benzene rings is 1. The van der Waals surface area contributed by atoms with Crippen molar-refractivity contribution in [3.8, 4) is 5.75 Å². The van der Waals surface area contributed by atoms with Gasteiger partial charge in [-0.25, -0.2) is 9.59 Å². The molecule has 1 heterocycles. The molecule has 0 saturated carbocycles. The molecule has 1 aliphatic heterocycles. The van der Waals surface area contributed by atoms with Crippen LogP contribution < -0.4 is 4.74 Å². The maximum Gasteiger partial charge on any atom is 0.408 e. The van der Waals surface area contributed by atoms with E-state index >= 15 is 0 Å². The van der Waals surface area contributed by atoms with Crippen LogP contribution in [0.3, 0.4) is 0 Å². The molecule has 1 unspecified atom stereocenters. The molecule has 1 amide bonds. The smallest absolute Gasteiger partial charge is 0.408 e. The molecule has 1 saturated heterocycles. The topological polar surface area (TPSA) is 76.1 Å². The molecule has 0 spiro atoms. The molecular weight excluding hydrogens is 262 g/mol. The number of carboxylic acid groups (broad SMARTS) is 1. The van der Waals surface area contributed by atoms with Crippen LogP contribution in [-0.4, -0.2) is 41.8 Å². The van der Waals surface area contributed by atoms with E-state index in [-0.39, 0.29) is 6.61 Å². The summed E-state index contributed by atoms with van der Waals surface area (Å²) in [7, 11) is 1.56. The fourth-order valence-electron chi connectivity index (χ4n) is 2.25. The van der Waals surface area contributed by atoms with Gasteiger partial charge >= 0.3 is 12.1 Å². The minimum absolute atomic E-state index is 0.111. The van der Waals surface area contributed by atoms with E-state index in [0.29, 0.717) is 25.1 Å². The van der Waals surface area contributed by atoms with Crippen molar-refractivity contribution < 1.29 is 24.2 Å². The number of methoxy groups -OCH3 is 1. The van der Waals surface area contributed by atoms with Gasteiger partial charge in [-0.2, -0.15) is 0 Å². The molecule has 2 rings (SSSR count). The SMILES string of the molecule is COc1cccc(COC(=O)C2CCCN2C(=O)O)c1. The van der Waals surface area contributed by atoms with Crippen molar-refractivity contribution in [3.63, 3.8) is 0 Å². The number of rotatable bonds is 4. The zero-order valence-corrected chi connectivity index (χ0v) is 11.2. The average molecular weight is 279 g/mol. The predicted molar refractivity (Wildman–Crippen MR) is 70.5 cm³/mol. The third kappa shape index (κ3) is 3.20. The molecule has 1 aromatic rings. The largest absolute Gasteiger partial charge is 0.497 e. The second-order valence-corrected chi connectivity index (χ2v) is 4.59. The van der Waals surface area contributed by atoms with E-state index in [0.717, 1.165) is 10.5 Å². The summed E-state index contributed by atoms with van der Waals surface area (Å²) < 4.78 is 10.3. The first-order valence-electron chi connectivity index (χ1n) is 6.41. The molecular formula is C14H17NO5. The van der Waals surface area contributed by atoms with Crippen LogP contribution in [0.4, 0.5) is 4.79 Å². The van der Waals surface area contributed by atoms with Gasteiger partial charge in [0.15, 0.2) is 0 Å². The van der Waals surface area contributed by atoms with Crippen LogP contribution in [0, 0.1) is 0 Å². The maximum atomic E-state index is 11.9. The third-order valence-electron chi connectivity index (χ3n) is 3.29. The molecule has 6 nitrogen and oxygen atoms in total. The molecule has 0 radical (unpaired) electrons. The highest BCUT2D eigenvalue weighted by Gasteiger charge is 2.35. The van der Waals surface area contributed by atoms with Gasteiger partial charge in [0, 0.05) is 6.54 Å². The predicted octanol–water partition coefficient (Wildman–Crippen LogP) is 1.88. The minimum Gasteiger partial charge on any atom is -0.497 e. The molecule has 6 heteroatoms. The van der Waals surface area contributed by atoms with Gasteiger partial charge in [0.1, 0.15) is 18.4 Å². The zero-order valence-electron chi connectivity index (χ0n) is 11.2. The third-order valence-corrected chi connectivity index (χ3v) is 3.29. The van der Waals surface area contributed by atoms with Crippen LogP contribution in [0.2, 0.25) is 0 Å². The highest BCUT2D eigenvalue weighted by Crippen LogP contribution is 2.19. The number of hydrogen-bond donors (Lipinski definition) is 1. The van der Waals surface area contributed by atoms with Crippen LogP contribution in [0.25, 0.3) is 0 Å². The van der Waals surface area contributed by atoms with Gasteiger partial charge in [-0.1, -0.05) is 12.1 Å². The number of likely N-dealkylation sites (tertiary alicyclic amines) is 1. The van der Waals surface area contributed by atoms with Gasteiger partial charge < -0.3 is 14.6 Å². The molecule has 0 bridgehead atoms. The van der Waals surface area contributed by atoms with Crippen LogP contribution >= 0.6 is 0 Å². The molecule has 1 aliphatic rings. The van der Waals surface area contributed by atoms with Crippen molar-refractivity contribution in [2.75, 3.05) is 13.7 Å². The molecule has 0 aliphatic carbocycles. The number of nitrogens with zero attached hydrogens (tertiary/aromatic N) is 1. The lowest BCUT2D eigenvalue weighted by Gasteiger charge is -2.19. The van der Waals surface area contributed by atoms with E-state index in [1.54, 1.807) is 25.3 Å². The molecule has 108 valence electrons. The van der Waals surface area contributed by atoms with Gasteiger partial charge in [-0.05, 0) is 30.5 Å². The van der Waals surface area contributed by atoms with Gasteiger partial charge in [-0.3, -0.25) is 4.90 Å². The Hall–Kier alpha value is -2.24. The summed E-state index contributed by atoms with van der Waals surface area (Å²) in [4.78, 5) is 24.0. The fourth-order valence-corrected chi connectivity index (χ4v) is 2.25. The van der Waals surface area contributed by atoms with Crippen LogP contribution in [-0.2, 0) is 16.1 Å². The standard InChI is InChI=1S/C14H17NO5/c1-19-11-5-2-4-10(8-11)9-20-13(16)12-6-3-7-15(12)14(17)18/h2,4-5,8,12H,3,6-7,9H2,1H3,(H,17,18). The van der Waals surface area contributed by atoms with E-state index < -0.39 is 18.1 Å². The highest BCUT2D eigenvalue weighted by atomic mass is 16.5. The Morgan fingerprint density at radius 1 is 1.45 bits per heavy atom. The summed E-state index contributed by atoms with van der Waals surface area (Å²) in [5.41, 5.74) is 0.803. The number of esters is 1. The minimum atomic E-state index is -1.08. The number of carbonyl (C=O) groups is 2. The van der Waals surface area contributed by atoms with Crippen LogP contribution in [0.5, 0.6) is 5.75 Å². The monoisotopic (exact) mass is 279 g/mol. The molecule has 1 atom stereocenters. The van der Waals surface area contributed by atoms with Crippen molar-refractivity contribution in [2.45, 2.75) is 25.5 Å². The lowest BCUT2D eigenvalue weighted by Crippen LogP contribution is -2.40. The highest BCUT2D eigenvalue weighted by molar-refractivity contribution is 5.81. The lowest BCUT2D eigenvalue weighted by atomic mass is 10.2. The molecule has 0 aromatic heterocycles. The lowest BCUT2D eigenvalue weighted by molar-refractivity contribution is -0.149. The number of ether oxygens (including phenoxy) is 2.